The van der Waals surface area contributed by atoms with E-state index in [-0.39, 0.29) is 0 Å². The lowest BCUT2D eigenvalue weighted by atomic mass is 10.4. The molecule has 0 unspecified atom stereocenters. The van der Waals surface area contributed by atoms with Crippen LogP contribution < -0.4 is 10.5 Å². The number of aryl methyl sites for hydroxylation is 2. The van der Waals surface area contributed by atoms with Gasteiger partial charge in [-0.1, -0.05) is 6.92 Å². The van der Waals surface area contributed by atoms with E-state index >= 15 is 0 Å². The quantitative estimate of drug-likeness (QED) is 0.719. The molecule has 0 fully saturated rings. The van der Waals surface area contributed by atoms with Crippen LogP contribution >= 0.6 is 0 Å². The first-order valence-electron chi connectivity index (χ1n) is 5.65. The van der Waals surface area contributed by atoms with Crippen LogP contribution in [0, 0.1) is 6.92 Å². The molecule has 0 spiro atoms. The van der Waals surface area contributed by atoms with Gasteiger partial charge in [0.05, 0.1) is 12.3 Å². The van der Waals surface area contributed by atoms with Crippen LogP contribution in [0.4, 0.5) is 5.69 Å². The molecule has 0 amide bonds. The Labute approximate surface area is 96.5 Å². The van der Waals surface area contributed by atoms with Gasteiger partial charge in [-0.05, 0) is 13.3 Å². The fraction of sp³-hybridized carbons (Fsp3) is 0.727. The number of hydrogen-bond donors (Lipinski definition) is 1. The smallest absolute Gasteiger partial charge is 0.236 e. The van der Waals surface area contributed by atoms with E-state index in [1.54, 1.807) is 7.11 Å². The molecule has 0 radical (unpaired) electrons. The van der Waals surface area contributed by atoms with E-state index in [2.05, 4.69) is 12.0 Å². The Morgan fingerprint density at radius 1 is 1.38 bits per heavy atom. The summed E-state index contributed by atoms with van der Waals surface area (Å²) in [6, 6.07) is 0. The lowest BCUT2D eigenvalue weighted by molar-refractivity contribution is 0.168. The molecular weight excluding hydrogens is 206 g/mol. The lowest BCUT2D eigenvalue weighted by Gasteiger charge is -2.08. The molecule has 0 aromatic carbocycles. The predicted octanol–water partition coefficient (Wildman–Crippen LogP) is 1.60. The van der Waals surface area contributed by atoms with Gasteiger partial charge in [-0.3, -0.25) is 0 Å². The van der Waals surface area contributed by atoms with E-state index in [0.717, 1.165) is 25.1 Å². The van der Waals surface area contributed by atoms with Gasteiger partial charge in [0.15, 0.2) is 0 Å². The summed E-state index contributed by atoms with van der Waals surface area (Å²) < 4.78 is 12.4. The minimum Gasteiger partial charge on any atom is -0.476 e. The molecule has 0 bridgehead atoms. The molecule has 5 nitrogen and oxygen atoms in total. The summed E-state index contributed by atoms with van der Waals surface area (Å²) in [6.07, 6.45) is 1.86. The second kappa shape index (κ2) is 6.37. The number of nitrogens with two attached hydrogens (primary N) is 1. The van der Waals surface area contributed by atoms with Crippen molar-refractivity contribution in [2.45, 2.75) is 33.2 Å². The summed E-state index contributed by atoms with van der Waals surface area (Å²) in [5, 5.41) is 4.33. The normalized spacial score (nSPS) is 10.7. The van der Waals surface area contributed by atoms with Gasteiger partial charge >= 0.3 is 0 Å². The Balaban J connectivity index is 2.61. The van der Waals surface area contributed by atoms with Crippen LogP contribution in [0.3, 0.4) is 0 Å². The number of aromatic nitrogens is 2. The van der Waals surface area contributed by atoms with Gasteiger partial charge in [-0.25, -0.2) is 4.68 Å². The summed E-state index contributed by atoms with van der Waals surface area (Å²) >= 11 is 0. The predicted molar refractivity (Wildman–Crippen MR) is 63.7 cm³/mol. The van der Waals surface area contributed by atoms with Gasteiger partial charge < -0.3 is 15.2 Å². The third-order valence-corrected chi connectivity index (χ3v) is 2.29. The zero-order valence-electron chi connectivity index (χ0n) is 10.3. The number of hydrogen-bond acceptors (Lipinski definition) is 4. The number of anilines is 1. The standard InChI is InChI=1S/C11H21N3O2/c1-4-6-14-11(10(12)9(2)13-14)16-8-5-7-15-3/h4-8,12H2,1-3H3. The van der Waals surface area contributed by atoms with Crippen molar-refractivity contribution in [1.29, 1.82) is 0 Å². The topological polar surface area (TPSA) is 62.3 Å². The molecule has 1 rings (SSSR count). The first-order valence-corrected chi connectivity index (χ1v) is 5.65. The zero-order valence-corrected chi connectivity index (χ0v) is 10.3. The summed E-state index contributed by atoms with van der Waals surface area (Å²) in [5.41, 5.74) is 7.38. The van der Waals surface area contributed by atoms with Crippen LogP contribution in [-0.4, -0.2) is 30.1 Å². The Morgan fingerprint density at radius 3 is 2.75 bits per heavy atom. The second-order valence-electron chi connectivity index (χ2n) is 3.72. The number of ether oxygens (including phenoxy) is 2. The maximum atomic E-state index is 5.91. The van der Waals surface area contributed by atoms with Gasteiger partial charge in [0.2, 0.25) is 5.88 Å². The van der Waals surface area contributed by atoms with Crippen LogP contribution in [-0.2, 0) is 11.3 Å². The van der Waals surface area contributed by atoms with Crippen molar-refractivity contribution < 1.29 is 9.47 Å². The van der Waals surface area contributed by atoms with Crippen LogP contribution in [0.25, 0.3) is 0 Å². The van der Waals surface area contributed by atoms with Crippen LogP contribution in [0.5, 0.6) is 5.88 Å². The molecule has 5 heteroatoms. The van der Waals surface area contributed by atoms with Crippen molar-refractivity contribution in [2.75, 3.05) is 26.1 Å². The summed E-state index contributed by atoms with van der Waals surface area (Å²) in [7, 11) is 1.68. The molecular formula is C11H21N3O2. The maximum Gasteiger partial charge on any atom is 0.236 e. The molecule has 1 aromatic heterocycles. The van der Waals surface area contributed by atoms with E-state index in [4.69, 9.17) is 15.2 Å². The zero-order chi connectivity index (χ0) is 12.0. The molecule has 1 heterocycles. The van der Waals surface area contributed by atoms with Gasteiger partial charge in [-0.15, -0.1) is 0 Å². The molecule has 0 aliphatic heterocycles. The van der Waals surface area contributed by atoms with E-state index in [9.17, 15) is 0 Å². The summed E-state index contributed by atoms with van der Waals surface area (Å²) in [4.78, 5) is 0. The number of methoxy groups -OCH3 is 1. The third-order valence-electron chi connectivity index (χ3n) is 2.29. The van der Waals surface area contributed by atoms with Crippen molar-refractivity contribution in [3.63, 3.8) is 0 Å². The fourth-order valence-corrected chi connectivity index (χ4v) is 1.46. The van der Waals surface area contributed by atoms with Crippen LogP contribution in [0.2, 0.25) is 0 Å². The van der Waals surface area contributed by atoms with E-state index in [0.29, 0.717) is 24.8 Å². The van der Waals surface area contributed by atoms with Crippen molar-refractivity contribution in [3.8, 4) is 5.88 Å². The highest BCUT2D eigenvalue weighted by Gasteiger charge is 2.12. The highest BCUT2D eigenvalue weighted by atomic mass is 16.5. The summed E-state index contributed by atoms with van der Waals surface area (Å²) in [5.74, 6) is 0.690. The molecule has 16 heavy (non-hydrogen) atoms. The van der Waals surface area contributed by atoms with E-state index < -0.39 is 0 Å². The SMILES string of the molecule is CCCn1nc(C)c(N)c1OCCCOC. The maximum absolute atomic E-state index is 5.91. The molecule has 0 saturated carbocycles. The van der Waals surface area contributed by atoms with Crippen molar-refractivity contribution in [3.05, 3.63) is 5.69 Å². The monoisotopic (exact) mass is 227 g/mol. The third kappa shape index (κ3) is 3.13. The van der Waals surface area contributed by atoms with Gasteiger partial charge in [0.1, 0.15) is 5.69 Å². The highest BCUT2D eigenvalue weighted by Crippen LogP contribution is 2.25. The lowest BCUT2D eigenvalue weighted by Crippen LogP contribution is -2.08. The number of nitrogens with zero attached hydrogens (tertiary/aromatic N) is 2. The Bertz CT molecular complexity index is 323. The van der Waals surface area contributed by atoms with Crippen molar-refractivity contribution in [1.82, 2.24) is 9.78 Å². The molecule has 0 aliphatic carbocycles. The second-order valence-corrected chi connectivity index (χ2v) is 3.72. The summed E-state index contributed by atoms with van der Waals surface area (Å²) in [6.45, 7) is 6.12. The van der Waals surface area contributed by atoms with Gasteiger partial charge in [0.25, 0.3) is 0 Å². The Kier molecular flexibility index (Phi) is 5.11. The fourth-order valence-electron chi connectivity index (χ4n) is 1.46. The Hall–Kier alpha value is -1.23. The van der Waals surface area contributed by atoms with Crippen molar-refractivity contribution >= 4 is 5.69 Å². The first kappa shape index (κ1) is 12.8. The van der Waals surface area contributed by atoms with Crippen molar-refractivity contribution in [2.24, 2.45) is 0 Å². The average molecular weight is 227 g/mol. The Morgan fingerprint density at radius 2 is 2.12 bits per heavy atom. The number of rotatable bonds is 7. The minimum absolute atomic E-state index is 0.604. The van der Waals surface area contributed by atoms with Crippen LogP contribution in [0.15, 0.2) is 0 Å². The molecule has 0 atom stereocenters. The first-order chi connectivity index (χ1) is 7.70. The number of nitrogen functional groups attached to an aromatic ring is 1. The van der Waals surface area contributed by atoms with Crippen LogP contribution in [0.1, 0.15) is 25.5 Å². The minimum atomic E-state index is 0.604. The van der Waals surface area contributed by atoms with Gasteiger partial charge in [0, 0.05) is 26.7 Å². The highest BCUT2D eigenvalue weighted by molar-refractivity contribution is 5.52. The van der Waals surface area contributed by atoms with E-state index in [1.807, 2.05) is 11.6 Å². The molecule has 1 aromatic rings. The molecule has 0 aliphatic rings. The molecule has 0 saturated heterocycles. The molecule has 92 valence electrons. The van der Waals surface area contributed by atoms with E-state index in [1.165, 1.54) is 0 Å². The largest absolute Gasteiger partial charge is 0.476 e. The average Bonchev–Trinajstić information content (AvgIpc) is 2.52. The van der Waals surface area contributed by atoms with Gasteiger partial charge in [-0.2, -0.15) is 5.10 Å². The molecule has 2 N–H and O–H groups in total.